The third-order valence-corrected chi connectivity index (χ3v) is 2.43. The number of piperidine rings is 1. The molecule has 0 aliphatic carbocycles. The van der Waals surface area contributed by atoms with Crippen molar-refractivity contribution in [3.05, 3.63) is 0 Å². The molecule has 0 saturated carbocycles. The van der Waals surface area contributed by atoms with Crippen LogP contribution < -0.4 is 5.32 Å². The maximum absolute atomic E-state index is 10.9. The predicted octanol–water partition coefficient (Wildman–Crippen LogP) is 1.82. The molecule has 2 atom stereocenters. The van der Waals surface area contributed by atoms with E-state index in [1.807, 2.05) is 0 Å². The van der Waals surface area contributed by atoms with Gasteiger partial charge in [0, 0.05) is 12.8 Å². The summed E-state index contributed by atoms with van der Waals surface area (Å²) in [7, 11) is 17.0. The van der Waals surface area contributed by atoms with Crippen LogP contribution in [0.2, 0.25) is 0 Å². The fourth-order valence-corrected chi connectivity index (χ4v) is 2.01. The van der Waals surface area contributed by atoms with E-state index >= 15 is 0 Å². The third kappa shape index (κ3) is 6.03. The topological polar surface area (TPSA) is 33.7 Å². The molecule has 7 heteroatoms. The van der Waals surface area contributed by atoms with E-state index in [1.165, 1.54) is 12.8 Å². The van der Waals surface area contributed by atoms with Crippen LogP contribution in [-0.4, -0.2) is 27.3 Å². The van der Waals surface area contributed by atoms with E-state index in [0.717, 1.165) is 12.8 Å². The van der Waals surface area contributed by atoms with Crippen molar-refractivity contribution < 1.29 is 10.1 Å². The molecule has 2 bridgehead atoms. The molecular weight excluding hydrogens is 283 g/mol. The molecule has 2 rings (SSSR count). The van der Waals surface area contributed by atoms with Gasteiger partial charge in [-0.3, -0.25) is 4.79 Å². The Morgan fingerprint density at radius 2 is 1.43 bits per heavy atom. The van der Waals surface area contributed by atoms with Gasteiger partial charge in [0.1, 0.15) is 5.78 Å². The van der Waals surface area contributed by atoms with Gasteiger partial charge in [-0.15, -0.1) is 0 Å². The quantitative estimate of drug-likeness (QED) is 0.680. The van der Waals surface area contributed by atoms with Gasteiger partial charge in [-0.05, 0) is 0 Å². The largest absolute Gasteiger partial charge is 0.564 e. The van der Waals surface area contributed by atoms with Gasteiger partial charge in [0.05, 0.1) is 24.9 Å². The maximum Gasteiger partial charge on any atom is 0.564 e. The highest BCUT2D eigenvalue weighted by atomic mass is 35.9. The Hall–Kier alpha value is 1.32. The monoisotopic (exact) mass is 293 g/mol. The first-order valence-corrected chi connectivity index (χ1v) is 11.6. The predicted molar refractivity (Wildman–Crippen MR) is 62.1 cm³/mol. The standard InChI is InChI=1S/C7H11NO.Al.4ClH/c9-7-3-5-1-2-6(4-7)8-5;;;;;/h5-6,8H,1-4H2;;4*1H/q;+3;;;;/p-3/t5-,6+;;;;;. The summed E-state index contributed by atoms with van der Waals surface area (Å²) in [6, 6.07) is 1.33. The van der Waals surface area contributed by atoms with Crippen molar-refractivity contribution in [1.29, 1.82) is 0 Å². The van der Waals surface area contributed by atoms with Crippen LogP contribution in [0.3, 0.4) is 0 Å². The van der Waals surface area contributed by atoms with Gasteiger partial charge in [0.15, 0.2) is 0 Å². The Kier molecular flexibility index (Phi) is 5.35. The molecule has 2 aliphatic rings. The van der Waals surface area contributed by atoms with E-state index in [9.17, 15) is 4.79 Å². The van der Waals surface area contributed by atoms with Gasteiger partial charge < -0.3 is 45.5 Å². The molecular formula is C7H12AlCl4NO. The van der Waals surface area contributed by atoms with E-state index in [1.54, 1.807) is 0 Å². The van der Waals surface area contributed by atoms with Crippen LogP contribution in [0.5, 0.6) is 0 Å². The summed E-state index contributed by atoms with van der Waals surface area (Å²) in [5, 5.41) is 2.38. The van der Waals surface area contributed by atoms with Crippen molar-refractivity contribution in [2.45, 2.75) is 37.8 Å². The molecule has 82 valence electrons. The molecule has 0 aromatic carbocycles. The Bertz CT molecular complexity index is 200. The summed E-state index contributed by atoms with van der Waals surface area (Å²) in [5.74, 6) is 0.491. The molecule has 2 saturated heterocycles. The highest BCUT2D eigenvalue weighted by Gasteiger charge is 2.35. The molecule has 0 unspecified atom stereocenters. The van der Waals surface area contributed by atoms with Crippen LogP contribution in [0.1, 0.15) is 25.7 Å². The van der Waals surface area contributed by atoms with Gasteiger partial charge in [0.25, 0.3) is 0 Å². The average molecular weight is 295 g/mol. The minimum Gasteiger partial charge on any atom is -0.391 e. The van der Waals surface area contributed by atoms with Crippen molar-refractivity contribution in [3.63, 3.8) is 0 Å². The van der Waals surface area contributed by atoms with Gasteiger partial charge in [0.2, 0.25) is 0 Å². The van der Waals surface area contributed by atoms with Crippen LogP contribution in [-0.2, 0) is 4.79 Å². The fourth-order valence-electron chi connectivity index (χ4n) is 2.01. The Balaban J connectivity index is 0.000000171. The Morgan fingerprint density at radius 1 is 1.07 bits per heavy atom. The van der Waals surface area contributed by atoms with Gasteiger partial charge in [-0.25, -0.2) is 0 Å². The van der Waals surface area contributed by atoms with Crippen LogP contribution in [0.4, 0.5) is 0 Å². The highest BCUT2D eigenvalue weighted by Crippen LogP contribution is 2.23. The van der Waals surface area contributed by atoms with Crippen LogP contribution in [0.25, 0.3) is 0 Å². The number of nitrogens with two attached hydrogens (primary N) is 1. The van der Waals surface area contributed by atoms with E-state index in [4.69, 9.17) is 40.2 Å². The van der Waals surface area contributed by atoms with Crippen molar-refractivity contribution >= 4 is 55.4 Å². The number of ketones is 1. The zero-order valence-corrected chi connectivity index (χ0v) is 11.7. The number of carbonyl (C=O) groups is 1. The van der Waals surface area contributed by atoms with Gasteiger partial charge in [-0.1, -0.05) is 0 Å². The lowest BCUT2D eigenvalue weighted by Gasteiger charge is -2.15. The number of hydrogen-bond donors (Lipinski definition) is 1. The smallest absolute Gasteiger partial charge is 0.391 e. The van der Waals surface area contributed by atoms with Gasteiger partial charge in [-0.2, -0.15) is 0 Å². The lowest BCUT2D eigenvalue weighted by Crippen LogP contribution is -2.93. The van der Waals surface area contributed by atoms with Crippen LogP contribution in [0, 0.1) is 0 Å². The highest BCUT2D eigenvalue weighted by molar-refractivity contribution is 7.81. The minimum atomic E-state index is -2.94. The molecule has 2 nitrogen and oxygen atoms in total. The van der Waals surface area contributed by atoms with Crippen LogP contribution in [0.15, 0.2) is 0 Å². The first-order chi connectivity index (χ1) is 6.34. The normalized spacial score (nSPS) is 31.0. The fraction of sp³-hybridized carbons (Fsp3) is 0.857. The molecule has 14 heavy (non-hydrogen) atoms. The Morgan fingerprint density at radius 3 is 1.79 bits per heavy atom. The summed E-state index contributed by atoms with van der Waals surface area (Å²) in [5.41, 5.74) is 0. The second-order valence-electron chi connectivity index (χ2n) is 3.73. The summed E-state index contributed by atoms with van der Waals surface area (Å²) >= 11 is 0. The Labute approximate surface area is 103 Å². The van der Waals surface area contributed by atoms with E-state index in [-0.39, 0.29) is 0 Å². The van der Waals surface area contributed by atoms with Crippen LogP contribution >= 0.6 is 40.2 Å². The molecule has 0 radical (unpaired) electrons. The van der Waals surface area contributed by atoms with Crippen molar-refractivity contribution in [3.8, 4) is 0 Å². The van der Waals surface area contributed by atoms with E-state index in [0.29, 0.717) is 17.9 Å². The second kappa shape index (κ2) is 5.59. The molecule has 2 fully saturated rings. The third-order valence-electron chi connectivity index (χ3n) is 2.43. The molecule has 0 amide bonds. The SMILES string of the molecule is O=C1C[C@H]2CC[C@@H](C1)[NH2+]2.[Cl][Al-]([Cl])([Cl])[Cl]. The summed E-state index contributed by atoms with van der Waals surface area (Å²) in [6.07, 6.45) is 4.24. The lowest BCUT2D eigenvalue weighted by atomic mass is 10.1. The molecule has 0 spiro atoms. The average Bonchev–Trinajstić information content (AvgIpc) is 2.26. The van der Waals surface area contributed by atoms with Crippen molar-refractivity contribution in [2.24, 2.45) is 0 Å². The number of Topliss-reactive ketones (excluding diaryl/α,β-unsaturated/α-hetero) is 1. The number of fused-ring (bicyclic) bond motifs is 2. The molecule has 0 aromatic rings. The lowest BCUT2D eigenvalue weighted by molar-refractivity contribution is -0.703. The zero-order valence-electron chi connectivity index (χ0n) is 7.56. The minimum absolute atomic E-state index is 0.491. The van der Waals surface area contributed by atoms with Crippen molar-refractivity contribution in [2.75, 3.05) is 0 Å². The van der Waals surface area contributed by atoms with Gasteiger partial charge >= 0.3 is 9.39 Å². The molecule has 2 aliphatic heterocycles. The molecule has 0 aromatic heterocycles. The van der Waals surface area contributed by atoms with Crippen molar-refractivity contribution in [1.82, 2.24) is 0 Å². The number of carbonyl (C=O) groups excluding carboxylic acids is 1. The maximum atomic E-state index is 10.9. The van der Waals surface area contributed by atoms with E-state index in [2.05, 4.69) is 5.32 Å². The number of quaternary nitrogens is 1. The first-order valence-electron chi connectivity index (χ1n) is 4.58. The number of rotatable bonds is 0. The molecule has 2 N–H and O–H groups in total. The number of halogens is 4. The summed E-state index contributed by atoms with van der Waals surface area (Å²) in [6.45, 7) is 0. The summed E-state index contributed by atoms with van der Waals surface area (Å²) in [4.78, 5) is 10.9. The second-order valence-corrected chi connectivity index (χ2v) is 16.6. The van der Waals surface area contributed by atoms with E-state index < -0.39 is 9.39 Å². The summed E-state index contributed by atoms with van der Waals surface area (Å²) < 4.78 is 0. The zero-order chi connectivity index (χ0) is 10.8. The first kappa shape index (κ1) is 13.4. The molecule has 2 heterocycles. The number of hydrogen-bond acceptors (Lipinski definition) is 1.